The van der Waals surface area contributed by atoms with E-state index in [1.54, 1.807) is 18.2 Å². The third-order valence-electron chi connectivity index (χ3n) is 6.80. The molecule has 1 aliphatic carbocycles. The monoisotopic (exact) mass is 531 g/mol. The number of likely N-dealkylation sites (N-methyl/N-ethyl adjacent to an activating group) is 1. The number of halogens is 1. The minimum Gasteiger partial charge on any atom is -0.480 e. The Morgan fingerprint density at radius 2 is 1.69 bits per heavy atom. The van der Waals surface area contributed by atoms with Crippen LogP contribution < -0.4 is 9.62 Å². The van der Waals surface area contributed by atoms with E-state index in [1.165, 1.54) is 6.07 Å². The zero-order chi connectivity index (χ0) is 24.8. The summed E-state index contributed by atoms with van der Waals surface area (Å²) < 4.78 is 28.9. The van der Waals surface area contributed by atoms with Gasteiger partial charge in [-0.1, -0.05) is 35.9 Å². The van der Waals surface area contributed by atoms with Crippen LogP contribution in [0.4, 0.5) is 5.69 Å². The Hall–Kier alpha value is -2.43. The summed E-state index contributed by atoms with van der Waals surface area (Å²) in [4.78, 5) is 17.6. The SMILES string of the molecule is CN1CCN(c2ccc([C@@H]3C[C@]3(NS(=O)(=O)c3ccc(-c4ccc(Cl)cc4)s3)C(=O)O)cc2)CC1. The summed E-state index contributed by atoms with van der Waals surface area (Å²) in [6.07, 6.45) is 0.213. The van der Waals surface area contributed by atoms with Gasteiger partial charge in [0.2, 0.25) is 0 Å². The molecule has 7 nitrogen and oxygen atoms in total. The molecule has 1 saturated heterocycles. The number of piperazine rings is 1. The van der Waals surface area contributed by atoms with Gasteiger partial charge in [-0.15, -0.1) is 11.3 Å². The molecule has 0 unspecified atom stereocenters. The first-order valence-corrected chi connectivity index (χ1v) is 14.0. The van der Waals surface area contributed by atoms with Gasteiger partial charge in [-0.3, -0.25) is 4.79 Å². The number of nitrogens with one attached hydrogen (secondary N) is 1. The highest BCUT2D eigenvalue weighted by atomic mass is 35.5. The molecule has 2 fully saturated rings. The molecule has 10 heteroatoms. The Kier molecular flexibility index (Phi) is 6.39. The highest BCUT2D eigenvalue weighted by molar-refractivity contribution is 7.91. The van der Waals surface area contributed by atoms with Crippen molar-refractivity contribution in [2.75, 3.05) is 38.1 Å². The summed E-state index contributed by atoms with van der Waals surface area (Å²) in [5.74, 6) is -1.59. The molecule has 184 valence electrons. The molecule has 1 aromatic heterocycles. The lowest BCUT2D eigenvalue weighted by molar-refractivity contribution is -0.140. The van der Waals surface area contributed by atoms with Crippen molar-refractivity contribution < 1.29 is 18.3 Å². The van der Waals surface area contributed by atoms with Gasteiger partial charge in [0.1, 0.15) is 9.75 Å². The van der Waals surface area contributed by atoms with Crippen LogP contribution in [-0.4, -0.2) is 63.2 Å². The summed E-state index contributed by atoms with van der Waals surface area (Å²) in [5, 5.41) is 10.6. The van der Waals surface area contributed by atoms with Crippen LogP contribution in [-0.2, 0) is 14.8 Å². The second kappa shape index (κ2) is 9.22. The fraction of sp³-hybridized carbons (Fsp3) is 0.320. The number of aliphatic carboxylic acids is 1. The lowest BCUT2D eigenvalue weighted by Gasteiger charge is -2.34. The van der Waals surface area contributed by atoms with Crippen LogP contribution in [0.3, 0.4) is 0 Å². The normalized spacial score (nSPS) is 22.8. The molecule has 35 heavy (non-hydrogen) atoms. The molecule has 2 aliphatic rings. The van der Waals surface area contributed by atoms with Gasteiger partial charge in [-0.05, 0) is 61.0 Å². The Bertz CT molecular complexity index is 1330. The first-order valence-electron chi connectivity index (χ1n) is 11.3. The predicted octanol–water partition coefficient (Wildman–Crippen LogP) is 4.11. The molecule has 0 bridgehead atoms. The Balaban J connectivity index is 1.32. The first-order chi connectivity index (χ1) is 16.7. The van der Waals surface area contributed by atoms with E-state index >= 15 is 0 Å². The topological polar surface area (TPSA) is 90.0 Å². The average Bonchev–Trinajstić information content (AvgIpc) is 3.33. The lowest BCUT2D eigenvalue weighted by atomic mass is 10.1. The number of rotatable bonds is 7. The summed E-state index contributed by atoms with van der Waals surface area (Å²) in [6, 6.07) is 18.2. The van der Waals surface area contributed by atoms with Crippen LogP contribution in [0.2, 0.25) is 5.02 Å². The number of hydrogen-bond acceptors (Lipinski definition) is 6. The van der Waals surface area contributed by atoms with Crippen LogP contribution in [0, 0.1) is 0 Å². The van der Waals surface area contributed by atoms with Crippen molar-refractivity contribution >= 4 is 44.6 Å². The average molecular weight is 532 g/mol. The third-order valence-corrected chi connectivity index (χ3v) is 10.2. The van der Waals surface area contributed by atoms with Crippen molar-refractivity contribution in [3.8, 4) is 10.4 Å². The minimum atomic E-state index is -4.02. The zero-order valence-corrected chi connectivity index (χ0v) is 21.5. The maximum atomic E-state index is 13.2. The number of hydrogen-bond donors (Lipinski definition) is 2. The first kappa shape index (κ1) is 24.3. The zero-order valence-electron chi connectivity index (χ0n) is 19.1. The predicted molar refractivity (Wildman–Crippen MR) is 139 cm³/mol. The van der Waals surface area contributed by atoms with Crippen LogP contribution in [0.5, 0.6) is 0 Å². The second-order valence-corrected chi connectivity index (χ2v) is 12.6. The molecule has 0 radical (unpaired) electrons. The Labute approximate surface area is 214 Å². The molecule has 3 aromatic rings. The van der Waals surface area contributed by atoms with E-state index in [2.05, 4.69) is 21.6 Å². The number of carbonyl (C=O) groups is 1. The standard InChI is InChI=1S/C25H26ClN3O4S2/c1-28-12-14-29(15-13-28)20-8-4-17(5-9-20)21-16-25(21,24(30)31)27-35(32,33)23-11-10-22(34-23)18-2-6-19(26)7-3-18/h2-11,21,27H,12-16H2,1H3,(H,30,31)/t21-,25+/m0/s1. The van der Waals surface area contributed by atoms with Gasteiger partial charge in [-0.25, -0.2) is 8.42 Å². The summed E-state index contributed by atoms with van der Waals surface area (Å²) in [7, 11) is -1.91. The highest BCUT2D eigenvalue weighted by Crippen LogP contribution is 2.53. The van der Waals surface area contributed by atoms with Gasteiger partial charge < -0.3 is 14.9 Å². The molecule has 0 spiro atoms. The summed E-state index contributed by atoms with van der Waals surface area (Å²) in [5.41, 5.74) is 1.22. The molecular formula is C25H26ClN3O4S2. The number of carboxylic acid groups (broad SMARTS) is 1. The minimum absolute atomic E-state index is 0.0825. The van der Waals surface area contributed by atoms with Gasteiger partial charge in [0, 0.05) is 47.7 Å². The number of thiophene rings is 1. The number of sulfonamides is 1. The van der Waals surface area contributed by atoms with E-state index in [9.17, 15) is 18.3 Å². The number of benzene rings is 2. The van der Waals surface area contributed by atoms with Gasteiger partial charge in [0.05, 0.1) is 0 Å². The summed E-state index contributed by atoms with van der Waals surface area (Å²) >= 11 is 7.04. The van der Waals surface area contributed by atoms with Gasteiger partial charge in [-0.2, -0.15) is 4.72 Å². The molecule has 2 N–H and O–H groups in total. The largest absolute Gasteiger partial charge is 0.480 e. The highest BCUT2D eigenvalue weighted by Gasteiger charge is 2.63. The molecule has 2 heterocycles. The van der Waals surface area contributed by atoms with Crippen molar-refractivity contribution in [1.29, 1.82) is 0 Å². The van der Waals surface area contributed by atoms with Crippen molar-refractivity contribution in [1.82, 2.24) is 9.62 Å². The van der Waals surface area contributed by atoms with Crippen molar-refractivity contribution in [2.24, 2.45) is 0 Å². The Morgan fingerprint density at radius 3 is 2.31 bits per heavy atom. The number of carboxylic acids is 1. The van der Waals surface area contributed by atoms with Crippen LogP contribution >= 0.6 is 22.9 Å². The fourth-order valence-corrected chi connectivity index (χ4v) is 7.41. The Morgan fingerprint density at radius 1 is 1.03 bits per heavy atom. The lowest BCUT2D eigenvalue weighted by Crippen LogP contribution is -2.44. The van der Waals surface area contributed by atoms with Crippen molar-refractivity contribution in [3.05, 3.63) is 71.2 Å². The molecular weight excluding hydrogens is 506 g/mol. The molecule has 5 rings (SSSR count). The maximum absolute atomic E-state index is 13.2. The molecule has 1 aliphatic heterocycles. The molecule has 0 amide bonds. The van der Waals surface area contributed by atoms with Crippen LogP contribution in [0.15, 0.2) is 64.9 Å². The van der Waals surface area contributed by atoms with E-state index in [0.717, 1.165) is 59.2 Å². The van der Waals surface area contributed by atoms with Crippen molar-refractivity contribution in [2.45, 2.75) is 22.1 Å². The van der Waals surface area contributed by atoms with Crippen LogP contribution in [0.25, 0.3) is 10.4 Å². The van der Waals surface area contributed by atoms with E-state index in [0.29, 0.717) is 5.02 Å². The quantitative estimate of drug-likeness (QED) is 0.477. The molecule has 2 aromatic carbocycles. The second-order valence-electron chi connectivity index (χ2n) is 9.15. The van der Waals surface area contributed by atoms with E-state index in [4.69, 9.17) is 11.6 Å². The van der Waals surface area contributed by atoms with E-state index in [1.807, 2.05) is 36.4 Å². The third kappa shape index (κ3) is 4.83. The van der Waals surface area contributed by atoms with Gasteiger partial charge >= 0.3 is 5.97 Å². The smallest absolute Gasteiger partial charge is 0.325 e. The van der Waals surface area contributed by atoms with E-state index in [-0.39, 0.29) is 10.6 Å². The number of anilines is 1. The fourth-order valence-electron chi connectivity index (χ4n) is 4.56. The van der Waals surface area contributed by atoms with E-state index < -0.39 is 27.4 Å². The maximum Gasteiger partial charge on any atom is 0.325 e. The van der Waals surface area contributed by atoms with Gasteiger partial charge in [0.15, 0.2) is 0 Å². The van der Waals surface area contributed by atoms with Gasteiger partial charge in [0.25, 0.3) is 10.0 Å². The molecule has 1 saturated carbocycles. The van der Waals surface area contributed by atoms with Crippen LogP contribution in [0.1, 0.15) is 17.9 Å². The molecule has 2 atom stereocenters. The van der Waals surface area contributed by atoms with Crippen molar-refractivity contribution in [3.63, 3.8) is 0 Å². The number of nitrogens with zero attached hydrogens (tertiary/aromatic N) is 2. The summed E-state index contributed by atoms with van der Waals surface area (Å²) in [6.45, 7) is 3.88.